The summed E-state index contributed by atoms with van der Waals surface area (Å²) < 4.78 is 5.53. The zero-order valence-electron chi connectivity index (χ0n) is 10.3. The Morgan fingerprint density at radius 1 is 1.56 bits per heavy atom. The molecule has 0 aromatic heterocycles. The lowest BCUT2D eigenvalue weighted by Gasteiger charge is -2.27. The highest BCUT2D eigenvalue weighted by molar-refractivity contribution is 5.75. The number of nitrogens with one attached hydrogen (secondary N) is 2. The van der Waals surface area contributed by atoms with Gasteiger partial charge in [0, 0.05) is 12.0 Å². The van der Waals surface area contributed by atoms with Gasteiger partial charge in [-0.25, -0.2) is 4.79 Å². The molecule has 2 atom stereocenters. The minimum atomic E-state index is -0.266. The Balaban J connectivity index is 2.01. The van der Waals surface area contributed by atoms with E-state index in [4.69, 9.17) is 9.84 Å². The van der Waals surface area contributed by atoms with Crippen LogP contribution in [0.15, 0.2) is 24.3 Å². The fourth-order valence-electron chi connectivity index (χ4n) is 1.96. The molecule has 3 N–H and O–H groups in total. The SMILES string of the molecule is CC(CO)NC(=O)NC1CCOc2ccccc21. The van der Waals surface area contributed by atoms with Gasteiger partial charge in [-0.2, -0.15) is 0 Å². The van der Waals surface area contributed by atoms with Crippen LogP contribution in [0.25, 0.3) is 0 Å². The quantitative estimate of drug-likeness (QED) is 0.754. The molecule has 1 aromatic carbocycles. The summed E-state index contributed by atoms with van der Waals surface area (Å²) in [5, 5.41) is 14.5. The normalized spacial score (nSPS) is 19.3. The van der Waals surface area contributed by atoms with E-state index >= 15 is 0 Å². The number of benzene rings is 1. The molecule has 5 nitrogen and oxygen atoms in total. The van der Waals surface area contributed by atoms with Crippen molar-refractivity contribution >= 4 is 6.03 Å². The van der Waals surface area contributed by atoms with Crippen molar-refractivity contribution in [2.45, 2.75) is 25.4 Å². The maximum Gasteiger partial charge on any atom is 0.315 e. The zero-order valence-corrected chi connectivity index (χ0v) is 10.3. The van der Waals surface area contributed by atoms with Gasteiger partial charge >= 0.3 is 6.03 Å². The molecule has 98 valence electrons. The second-order valence-electron chi connectivity index (χ2n) is 4.43. The summed E-state index contributed by atoms with van der Waals surface area (Å²) in [5.74, 6) is 0.823. The predicted octanol–water partition coefficient (Wildman–Crippen LogP) is 1.19. The molecule has 18 heavy (non-hydrogen) atoms. The lowest BCUT2D eigenvalue weighted by Crippen LogP contribution is -2.44. The highest BCUT2D eigenvalue weighted by Gasteiger charge is 2.22. The first kappa shape index (κ1) is 12.7. The van der Waals surface area contributed by atoms with Crippen molar-refractivity contribution in [1.82, 2.24) is 10.6 Å². The Morgan fingerprint density at radius 3 is 3.11 bits per heavy atom. The zero-order chi connectivity index (χ0) is 13.0. The van der Waals surface area contributed by atoms with E-state index in [9.17, 15) is 4.79 Å². The summed E-state index contributed by atoms with van der Waals surface area (Å²) in [4.78, 5) is 11.7. The molecule has 0 bridgehead atoms. The summed E-state index contributed by atoms with van der Waals surface area (Å²) in [6, 6.07) is 7.14. The number of amides is 2. The molecular weight excluding hydrogens is 232 g/mol. The van der Waals surface area contributed by atoms with Gasteiger partial charge in [0.05, 0.1) is 25.3 Å². The van der Waals surface area contributed by atoms with Crippen molar-refractivity contribution in [2.24, 2.45) is 0 Å². The minimum absolute atomic E-state index is 0.0409. The smallest absolute Gasteiger partial charge is 0.315 e. The van der Waals surface area contributed by atoms with Crippen molar-refractivity contribution < 1.29 is 14.6 Å². The molecule has 0 saturated carbocycles. The third-order valence-electron chi connectivity index (χ3n) is 2.92. The number of hydrogen-bond acceptors (Lipinski definition) is 3. The van der Waals surface area contributed by atoms with Crippen LogP contribution in [0.2, 0.25) is 0 Å². The number of urea groups is 1. The molecule has 1 aliphatic heterocycles. The van der Waals surface area contributed by atoms with E-state index in [2.05, 4.69) is 10.6 Å². The second kappa shape index (κ2) is 5.73. The van der Waals surface area contributed by atoms with Crippen LogP contribution in [0, 0.1) is 0 Å². The molecule has 1 aliphatic rings. The first-order valence-corrected chi connectivity index (χ1v) is 6.10. The van der Waals surface area contributed by atoms with Gasteiger partial charge in [0.25, 0.3) is 0 Å². The fourth-order valence-corrected chi connectivity index (χ4v) is 1.96. The number of aliphatic hydroxyl groups is 1. The summed E-state index contributed by atoms with van der Waals surface area (Å²) in [7, 11) is 0. The molecule has 0 saturated heterocycles. The molecular formula is C13H18N2O3. The Labute approximate surface area is 106 Å². The molecule has 0 radical (unpaired) electrons. The van der Waals surface area contributed by atoms with Crippen molar-refractivity contribution in [2.75, 3.05) is 13.2 Å². The summed E-state index contributed by atoms with van der Waals surface area (Å²) in [6.07, 6.45) is 0.748. The van der Waals surface area contributed by atoms with E-state index in [1.54, 1.807) is 6.92 Å². The predicted molar refractivity (Wildman–Crippen MR) is 67.5 cm³/mol. The third kappa shape index (κ3) is 2.92. The summed E-state index contributed by atoms with van der Waals surface area (Å²) >= 11 is 0. The molecule has 5 heteroatoms. The van der Waals surface area contributed by atoms with Crippen LogP contribution < -0.4 is 15.4 Å². The minimum Gasteiger partial charge on any atom is -0.493 e. The number of carbonyl (C=O) groups excluding carboxylic acids is 1. The largest absolute Gasteiger partial charge is 0.493 e. The Hall–Kier alpha value is -1.75. The number of rotatable bonds is 3. The Bertz CT molecular complexity index is 422. The molecule has 2 rings (SSSR count). The number of fused-ring (bicyclic) bond motifs is 1. The van der Waals surface area contributed by atoms with Crippen LogP contribution in [-0.2, 0) is 0 Å². The lowest BCUT2D eigenvalue weighted by molar-refractivity contribution is 0.209. The monoisotopic (exact) mass is 250 g/mol. The van der Waals surface area contributed by atoms with Crippen LogP contribution in [0.3, 0.4) is 0 Å². The van der Waals surface area contributed by atoms with Crippen molar-refractivity contribution in [1.29, 1.82) is 0 Å². The van der Waals surface area contributed by atoms with Crippen LogP contribution >= 0.6 is 0 Å². The number of carbonyl (C=O) groups is 1. The molecule has 1 heterocycles. The standard InChI is InChI=1S/C13H18N2O3/c1-9(8-16)14-13(17)15-11-6-7-18-12-5-3-2-4-10(11)12/h2-5,9,11,16H,6-8H2,1H3,(H2,14,15,17). The summed E-state index contributed by atoms with van der Waals surface area (Å²) in [6.45, 7) is 2.27. The van der Waals surface area contributed by atoms with Gasteiger partial charge in [-0.1, -0.05) is 18.2 Å². The third-order valence-corrected chi connectivity index (χ3v) is 2.92. The van der Waals surface area contributed by atoms with E-state index in [-0.39, 0.29) is 24.7 Å². The van der Waals surface area contributed by atoms with Gasteiger partial charge in [0.15, 0.2) is 0 Å². The van der Waals surface area contributed by atoms with Crippen LogP contribution in [0.5, 0.6) is 5.75 Å². The van der Waals surface area contributed by atoms with Gasteiger partial charge < -0.3 is 20.5 Å². The van der Waals surface area contributed by atoms with Gasteiger partial charge in [0.1, 0.15) is 5.75 Å². The average molecular weight is 250 g/mol. The van der Waals surface area contributed by atoms with Gasteiger partial charge in [0.2, 0.25) is 0 Å². The second-order valence-corrected chi connectivity index (χ2v) is 4.43. The topological polar surface area (TPSA) is 70.6 Å². The number of hydrogen-bond donors (Lipinski definition) is 3. The highest BCUT2D eigenvalue weighted by Crippen LogP contribution is 2.31. The molecule has 0 fully saturated rings. The van der Waals surface area contributed by atoms with Crippen molar-refractivity contribution in [3.05, 3.63) is 29.8 Å². The molecule has 2 amide bonds. The van der Waals surface area contributed by atoms with Gasteiger partial charge in [-0.3, -0.25) is 0 Å². The van der Waals surface area contributed by atoms with E-state index < -0.39 is 0 Å². The molecule has 0 spiro atoms. The van der Waals surface area contributed by atoms with E-state index in [0.29, 0.717) is 6.61 Å². The summed E-state index contributed by atoms with van der Waals surface area (Å²) in [5.41, 5.74) is 0.996. The van der Waals surface area contributed by atoms with E-state index in [1.807, 2.05) is 24.3 Å². The number of aliphatic hydroxyl groups excluding tert-OH is 1. The Kier molecular flexibility index (Phi) is 4.04. The first-order chi connectivity index (χ1) is 8.70. The molecule has 1 aromatic rings. The van der Waals surface area contributed by atoms with Gasteiger partial charge in [-0.15, -0.1) is 0 Å². The number of para-hydroxylation sites is 1. The van der Waals surface area contributed by atoms with Crippen LogP contribution in [0.4, 0.5) is 4.79 Å². The van der Waals surface area contributed by atoms with Crippen molar-refractivity contribution in [3.8, 4) is 5.75 Å². The van der Waals surface area contributed by atoms with Crippen LogP contribution in [-0.4, -0.2) is 30.4 Å². The Morgan fingerprint density at radius 2 is 2.33 bits per heavy atom. The highest BCUT2D eigenvalue weighted by atomic mass is 16.5. The van der Waals surface area contributed by atoms with Gasteiger partial charge in [-0.05, 0) is 13.0 Å². The number of ether oxygens (including phenoxy) is 1. The van der Waals surface area contributed by atoms with Crippen LogP contribution in [0.1, 0.15) is 24.9 Å². The van der Waals surface area contributed by atoms with Crippen molar-refractivity contribution in [3.63, 3.8) is 0 Å². The van der Waals surface area contributed by atoms with E-state index in [0.717, 1.165) is 17.7 Å². The molecule has 2 unspecified atom stereocenters. The maximum atomic E-state index is 11.7. The molecule has 0 aliphatic carbocycles. The fraction of sp³-hybridized carbons (Fsp3) is 0.462. The van der Waals surface area contributed by atoms with E-state index in [1.165, 1.54) is 0 Å². The first-order valence-electron chi connectivity index (χ1n) is 6.10. The lowest BCUT2D eigenvalue weighted by atomic mass is 10.0. The average Bonchev–Trinajstić information content (AvgIpc) is 2.39. The maximum absolute atomic E-state index is 11.7.